The van der Waals surface area contributed by atoms with Gasteiger partial charge in [0.25, 0.3) is 5.69 Å². The van der Waals surface area contributed by atoms with Crippen LogP contribution in [0, 0.1) is 10.1 Å². The van der Waals surface area contributed by atoms with Gasteiger partial charge in [-0.3, -0.25) is 10.1 Å². The van der Waals surface area contributed by atoms with Crippen LogP contribution in [-0.4, -0.2) is 15.0 Å². The molecule has 16 heavy (non-hydrogen) atoms. The number of aliphatic hydroxyl groups is 1. The molecule has 82 valence electrons. The van der Waals surface area contributed by atoms with Crippen molar-refractivity contribution in [3.8, 4) is 10.6 Å². The lowest BCUT2D eigenvalue weighted by molar-refractivity contribution is -0.384. The highest BCUT2D eigenvalue weighted by Gasteiger charge is 2.09. The Balaban J connectivity index is 2.40. The maximum atomic E-state index is 10.6. The fourth-order valence-electron chi connectivity index (χ4n) is 1.26. The number of nitro benzene ring substituents is 1. The number of non-ortho nitro benzene ring substituents is 1. The first-order valence-electron chi connectivity index (χ1n) is 4.51. The number of nitrogens with zero attached hydrogens (tertiary/aromatic N) is 2. The third-order valence-corrected chi connectivity index (χ3v) is 2.96. The average molecular weight is 236 g/mol. The molecule has 1 aromatic carbocycles. The number of hydrogen-bond acceptors (Lipinski definition) is 5. The van der Waals surface area contributed by atoms with Gasteiger partial charge in [0.2, 0.25) is 0 Å². The van der Waals surface area contributed by atoms with Gasteiger partial charge in [0.1, 0.15) is 5.01 Å². The van der Waals surface area contributed by atoms with Crippen molar-refractivity contribution < 1.29 is 10.0 Å². The second kappa shape index (κ2) is 4.38. The molecule has 0 atom stereocenters. The summed E-state index contributed by atoms with van der Waals surface area (Å²) in [5, 5.41) is 21.9. The summed E-state index contributed by atoms with van der Waals surface area (Å²) in [7, 11) is 0. The van der Waals surface area contributed by atoms with Crippen LogP contribution >= 0.6 is 11.3 Å². The molecule has 1 aromatic heterocycles. The van der Waals surface area contributed by atoms with Crippen molar-refractivity contribution in [2.45, 2.75) is 6.61 Å². The molecule has 1 N–H and O–H groups in total. The second-order valence-electron chi connectivity index (χ2n) is 3.11. The number of thiazole rings is 1. The van der Waals surface area contributed by atoms with E-state index in [0.717, 1.165) is 0 Å². The molecule has 0 saturated heterocycles. The van der Waals surface area contributed by atoms with E-state index in [-0.39, 0.29) is 12.3 Å². The highest BCUT2D eigenvalue weighted by molar-refractivity contribution is 7.13. The molecular weight excluding hydrogens is 228 g/mol. The summed E-state index contributed by atoms with van der Waals surface area (Å²) in [5.41, 5.74) is 1.31. The summed E-state index contributed by atoms with van der Waals surface area (Å²) in [6.07, 6.45) is 0. The van der Waals surface area contributed by atoms with Crippen molar-refractivity contribution in [2.75, 3.05) is 0 Å². The van der Waals surface area contributed by atoms with Gasteiger partial charge in [0, 0.05) is 23.1 Å². The van der Waals surface area contributed by atoms with Gasteiger partial charge in [-0.15, -0.1) is 11.3 Å². The van der Waals surface area contributed by atoms with E-state index in [1.54, 1.807) is 17.5 Å². The van der Waals surface area contributed by atoms with Gasteiger partial charge < -0.3 is 5.11 Å². The normalized spacial score (nSPS) is 10.3. The number of hydrogen-bond donors (Lipinski definition) is 1. The van der Waals surface area contributed by atoms with Gasteiger partial charge >= 0.3 is 0 Å². The lowest BCUT2D eigenvalue weighted by Gasteiger charge is -1.95. The molecule has 0 fully saturated rings. The van der Waals surface area contributed by atoms with E-state index in [1.165, 1.54) is 23.5 Å². The fourth-order valence-corrected chi connectivity index (χ4v) is 2.07. The van der Waals surface area contributed by atoms with Crippen LogP contribution in [0.25, 0.3) is 10.6 Å². The SMILES string of the molecule is O=[N+]([O-])c1cccc(-c2nc(CO)cs2)c1. The highest BCUT2D eigenvalue weighted by atomic mass is 32.1. The minimum absolute atomic E-state index is 0.0400. The monoisotopic (exact) mass is 236 g/mol. The van der Waals surface area contributed by atoms with E-state index < -0.39 is 4.92 Å². The van der Waals surface area contributed by atoms with Crippen LogP contribution in [0.15, 0.2) is 29.6 Å². The molecule has 0 aliphatic heterocycles. The molecule has 0 amide bonds. The van der Waals surface area contributed by atoms with Crippen LogP contribution < -0.4 is 0 Å². The predicted molar refractivity (Wildman–Crippen MR) is 60.1 cm³/mol. The van der Waals surface area contributed by atoms with E-state index in [4.69, 9.17) is 5.11 Å². The zero-order valence-electron chi connectivity index (χ0n) is 8.16. The molecule has 0 aliphatic rings. The van der Waals surface area contributed by atoms with Gasteiger partial charge in [0.15, 0.2) is 0 Å². The Labute approximate surface area is 95.2 Å². The summed E-state index contributed by atoms with van der Waals surface area (Å²) in [5.74, 6) is 0. The molecule has 2 aromatic rings. The van der Waals surface area contributed by atoms with Gasteiger partial charge in [-0.25, -0.2) is 4.98 Å². The van der Waals surface area contributed by atoms with E-state index in [2.05, 4.69) is 4.98 Å². The zero-order chi connectivity index (χ0) is 11.5. The Kier molecular flexibility index (Phi) is 2.93. The largest absolute Gasteiger partial charge is 0.390 e. The Morgan fingerprint density at radius 3 is 2.94 bits per heavy atom. The minimum Gasteiger partial charge on any atom is -0.390 e. The Hall–Kier alpha value is -1.79. The van der Waals surface area contributed by atoms with Gasteiger partial charge in [-0.1, -0.05) is 12.1 Å². The molecule has 1 heterocycles. The number of rotatable bonds is 3. The molecular formula is C10H8N2O3S. The number of nitro groups is 1. The van der Waals surface area contributed by atoms with Crippen molar-refractivity contribution in [2.24, 2.45) is 0 Å². The Morgan fingerprint density at radius 1 is 1.50 bits per heavy atom. The first-order chi connectivity index (χ1) is 7.70. The van der Waals surface area contributed by atoms with Crippen LogP contribution in [0.1, 0.15) is 5.69 Å². The predicted octanol–water partition coefficient (Wildman–Crippen LogP) is 2.21. The molecule has 0 radical (unpaired) electrons. The highest BCUT2D eigenvalue weighted by Crippen LogP contribution is 2.26. The maximum absolute atomic E-state index is 10.6. The summed E-state index contributed by atoms with van der Waals surface area (Å²) in [6.45, 7) is -0.120. The van der Waals surface area contributed by atoms with Crippen molar-refractivity contribution in [1.29, 1.82) is 0 Å². The van der Waals surface area contributed by atoms with E-state index in [1.807, 2.05) is 0 Å². The van der Waals surface area contributed by atoms with Gasteiger partial charge in [-0.05, 0) is 0 Å². The molecule has 0 saturated carbocycles. The van der Waals surface area contributed by atoms with Crippen LogP contribution in [0.5, 0.6) is 0 Å². The summed E-state index contributed by atoms with van der Waals surface area (Å²) >= 11 is 1.35. The van der Waals surface area contributed by atoms with Gasteiger partial charge in [-0.2, -0.15) is 0 Å². The van der Waals surface area contributed by atoms with Crippen molar-refractivity contribution in [3.63, 3.8) is 0 Å². The fraction of sp³-hybridized carbons (Fsp3) is 0.100. The molecule has 6 heteroatoms. The summed E-state index contributed by atoms with van der Waals surface area (Å²) in [6, 6.07) is 6.28. The van der Waals surface area contributed by atoms with E-state index >= 15 is 0 Å². The Morgan fingerprint density at radius 2 is 2.31 bits per heavy atom. The van der Waals surface area contributed by atoms with Crippen molar-refractivity contribution in [1.82, 2.24) is 4.98 Å². The lowest BCUT2D eigenvalue weighted by Crippen LogP contribution is -1.88. The van der Waals surface area contributed by atoms with Crippen molar-refractivity contribution >= 4 is 17.0 Å². The minimum atomic E-state index is -0.440. The lowest BCUT2D eigenvalue weighted by atomic mass is 10.2. The smallest absolute Gasteiger partial charge is 0.270 e. The van der Waals surface area contributed by atoms with Gasteiger partial charge in [0.05, 0.1) is 17.2 Å². The van der Waals surface area contributed by atoms with Crippen LogP contribution in [0.2, 0.25) is 0 Å². The first kappa shape index (κ1) is 10.7. The molecule has 0 spiro atoms. The number of aromatic nitrogens is 1. The second-order valence-corrected chi connectivity index (χ2v) is 3.97. The average Bonchev–Trinajstić information content (AvgIpc) is 2.77. The molecule has 5 nitrogen and oxygen atoms in total. The van der Waals surface area contributed by atoms with Crippen LogP contribution in [0.4, 0.5) is 5.69 Å². The van der Waals surface area contributed by atoms with Crippen molar-refractivity contribution in [3.05, 3.63) is 45.5 Å². The topological polar surface area (TPSA) is 76.3 Å². The van der Waals surface area contributed by atoms with E-state index in [9.17, 15) is 10.1 Å². The Bertz CT molecular complexity index is 524. The van der Waals surface area contributed by atoms with E-state index in [0.29, 0.717) is 16.3 Å². The molecule has 0 bridgehead atoms. The standard InChI is InChI=1S/C10H8N2O3S/c13-5-8-6-16-10(11-8)7-2-1-3-9(4-7)12(14)15/h1-4,6,13H,5H2. The van der Waals surface area contributed by atoms with Crippen LogP contribution in [0.3, 0.4) is 0 Å². The summed E-state index contributed by atoms with van der Waals surface area (Å²) in [4.78, 5) is 14.3. The first-order valence-corrected chi connectivity index (χ1v) is 5.39. The number of benzene rings is 1. The third-order valence-electron chi connectivity index (χ3n) is 2.02. The molecule has 2 rings (SSSR count). The summed E-state index contributed by atoms with van der Waals surface area (Å²) < 4.78 is 0. The number of aliphatic hydroxyl groups excluding tert-OH is 1. The molecule has 0 aliphatic carbocycles. The van der Waals surface area contributed by atoms with Crippen LogP contribution in [-0.2, 0) is 6.61 Å². The quantitative estimate of drug-likeness (QED) is 0.654. The maximum Gasteiger partial charge on any atom is 0.270 e. The zero-order valence-corrected chi connectivity index (χ0v) is 8.98. The third kappa shape index (κ3) is 2.07. The molecule has 0 unspecified atom stereocenters.